The molecular weight excluding hydrogens is 962 g/mol. The number of phenols is 1. The predicted octanol–water partition coefficient (Wildman–Crippen LogP) is 16.1. The van der Waals surface area contributed by atoms with Crippen molar-refractivity contribution in [2.75, 3.05) is 0 Å². The first-order valence-electron chi connectivity index (χ1n) is 25.9. The number of hydrogen-bond acceptors (Lipinski definition) is 3. The van der Waals surface area contributed by atoms with E-state index in [1.54, 1.807) is 0 Å². The van der Waals surface area contributed by atoms with Gasteiger partial charge in [-0.3, -0.25) is 9.55 Å². The molecule has 0 aliphatic rings. The summed E-state index contributed by atoms with van der Waals surface area (Å²) in [6, 6.07) is 30.7. The Labute approximate surface area is 407 Å². The summed E-state index contributed by atoms with van der Waals surface area (Å²) in [6.45, 7) is 26.0. The molecule has 6 aromatic carbocycles. The number of imidazole rings is 1. The summed E-state index contributed by atoms with van der Waals surface area (Å²) in [5, 5.41) is 12.4. The number of nitrogens with zero attached hydrogens (tertiary/aromatic N) is 3. The average molecular weight is 1030 g/mol. The van der Waals surface area contributed by atoms with Crippen LogP contribution in [0.1, 0.15) is 128 Å². The Hall–Kier alpha value is -5.57. The zero-order chi connectivity index (χ0) is 52.0. The SMILES string of the molecule is [2H]c1nc(-c2[c-]c(-c3cccc4c3nc(-c3cc(C(C)C)cc(C(C)C)c3O)n4-c3ccc(C(C)(C)C(C)(C)C)cc3-c3ccccc3)cc(C(C)(C)C)c2)c([2H])c(-c2c([2H])c([2H])c([2H])c([2H])c2[2H])c1[2H].[Pt]. The number of benzene rings is 6. The van der Waals surface area contributed by atoms with Crippen molar-refractivity contribution >= 4 is 11.0 Å². The van der Waals surface area contributed by atoms with Crippen LogP contribution in [0.5, 0.6) is 5.75 Å². The van der Waals surface area contributed by atoms with Crippen molar-refractivity contribution < 1.29 is 37.1 Å². The van der Waals surface area contributed by atoms with Gasteiger partial charge in [0.1, 0.15) is 11.6 Å². The number of fused-ring (bicyclic) bond motifs is 1. The van der Waals surface area contributed by atoms with E-state index in [2.05, 4.69) is 141 Å². The van der Waals surface area contributed by atoms with Crippen LogP contribution in [0.15, 0.2) is 139 Å². The second-order valence-corrected chi connectivity index (χ2v) is 19.9. The van der Waals surface area contributed by atoms with Crippen LogP contribution < -0.4 is 0 Å². The summed E-state index contributed by atoms with van der Waals surface area (Å²) < 4.78 is 71.8. The fraction of sp³-hybridized carbons (Fsp3) is 0.288. The molecule has 0 saturated carbocycles. The molecule has 0 bridgehead atoms. The van der Waals surface area contributed by atoms with Crippen LogP contribution in [-0.2, 0) is 31.9 Å². The zero-order valence-corrected chi connectivity index (χ0v) is 41.2. The third kappa shape index (κ3) is 8.79. The topological polar surface area (TPSA) is 50.9 Å². The molecule has 330 valence electrons. The molecule has 0 radical (unpaired) electrons. The molecule has 0 unspecified atom stereocenters. The number of aromatic hydroxyl groups is 1. The first kappa shape index (κ1) is 36.7. The molecule has 5 heteroatoms. The molecule has 0 spiro atoms. The molecular formula is C59H62N3OPt-. The predicted molar refractivity (Wildman–Crippen MR) is 266 cm³/mol. The van der Waals surface area contributed by atoms with Crippen LogP contribution >= 0.6 is 0 Å². The standard InChI is InChI=1S/C59H62N3O.Pt/c1-37(2)42-33-48(38(3)4)55(63)50(34-42)56-61-54-47(43-30-44(32-46(31-43)57(5,6)7)51-35-41(28-29-60-51)39-20-15-13-16-21-39)24-19-25-53(54)62(56)52-27-26-45(59(11,12)58(8,9)10)36-49(52)40-22-17-14-18-23-40;/h13-29,31-38,63H,1-12H3;/q-1;/i13D,15D,16D,20D,21D,28D,29D,35D;. The van der Waals surface area contributed by atoms with Gasteiger partial charge in [-0.2, -0.15) is 0 Å². The zero-order valence-electron chi connectivity index (χ0n) is 46.9. The third-order valence-corrected chi connectivity index (χ3v) is 12.9. The van der Waals surface area contributed by atoms with Gasteiger partial charge >= 0.3 is 0 Å². The molecule has 8 rings (SSSR count). The van der Waals surface area contributed by atoms with E-state index in [1.165, 1.54) is 5.56 Å². The quantitative estimate of drug-likeness (QED) is 0.147. The monoisotopic (exact) mass is 1030 g/mol. The summed E-state index contributed by atoms with van der Waals surface area (Å²) in [6.07, 6.45) is -0.519. The number of hydrogen-bond donors (Lipinski definition) is 1. The largest absolute Gasteiger partial charge is 0.507 e. The second-order valence-electron chi connectivity index (χ2n) is 19.9. The van der Waals surface area contributed by atoms with Crippen molar-refractivity contribution in [2.24, 2.45) is 5.41 Å². The van der Waals surface area contributed by atoms with E-state index in [4.69, 9.17) is 14.6 Å². The van der Waals surface area contributed by atoms with Crippen LogP contribution in [0.25, 0.3) is 72.7 Å². The molecule has 1 N–H and O–H groups in total. The molecule has 0 amide bonds. The number of para-hydroxylation sites is 1. The Morgan fingerprint density at radius 3 is 2.02 bits per heavy atom. The van der Waals surface area contributed by atoms with E-state index in [0.29, 0.717) is 33.6 Å². The van der Waals surface area contributed by atoms with Crippen molar-refractivity contribution in [1.82, 2.24) is 14.5 Å². The van der Waals surface area contributed by atoms with Gasteiger partial charge < -0.3 is 5.11 Å². The Balaban J connectivity index is 0.00000760. The third-order valence-electron chi connectivity index (χ3n) is 12.9. The molecule has 0 saturated heterocycles. The van der Waals surface area contributed by atoms with Gasteiger partial charge in [0, 0.05) is 38.5 Å². The minimum Gasteiger partial charge on any atom is -0.507 e. The van der Waals surface area contributed by atoms with E-state index >= 15 is 0 Å². The molecule has 0 aliphatic carbocycles. The van der Waals surface area contributed by atoms with E-state index in [1.807, 2.05) is 48.5 Å². The van der Waals surface area contributed by atoms with E-state index in [-0.39, 0.29) is 72.3 Å². The molecule has 0 fully saturated rings. The smallest absolute Gasteiger partial charge is 0.148 e. The van der Waals surface area contributed by atoms with Crippen molar-refractivity contribution in [2.45, 2.75) is 106 Å². The molecule has 2 heterocycles. The van der Waals surface area contributed by atoms with Crippen molar-refractivity contribution in [3.63, 3.8) is 0 Å². The number of rotatable bonds is 9. The Bertz CT molecular complexity index is 3390. The maximum absolute atomic E-state index is 12.4. The number of phenolic OH excluding ortho intramolecular Hbond substituents is 1. The van der Waals surface area contributed by atoms with E-state index in [0.717, 1.165) is 39.0 Å². The fourth-order valence-corrected chi connectivity index (χ4v) is 7.99. The summed E-state index contributed by atoms with van der Waals surface area (Å²) in [7, 11) is 0. The van der Waals surface area contributed by atoms with Gasteiger partial charge in [0.25, 0.3) is 0 Å². The summed E-state index contributed by atoms with van der Waals surface area (Å²) in [4.78, 5) is 10.0. The van der Waals surface area contributed by atoms with Gasteiger partial charge in [-0.25, -0.2) is 4.98 Å². The van der Waals surface area contributed by atoms with Gasteiger partial charge in [-0.1, -0.05) is 185 Å². The maximum Gasteiger partial charge on any atom is 0.148 e. The van der Waals surface area contributed by atoms with Gasteiger partial charge in [0.05, 0.1) is 33.3 Å². The van der Waals surface area contributed by atoms with Crippen molar-refractivity contribution in [3.05, 3.63) is 168 Å². The van der Waals surface area contributed by atoms with Gasteiger partial charge in [-0.15, -0.1) is 29.3 Å². The number of aromatic nitrogens is 3. The first-order valence-corrected chi connectivity index (χ1v) is 21.9. The first-order chi connectivity index (χ1) is 33.1. The number of pyridine rings is 1. The molecule has 2 aromatic heterocycles. The Morgan fingerprint density at radius 2 is 1.36 bits per heavy atom. The summed E-state index contributed by atoms with van der Waals surface area (Å²) in [5.41, 5.74) is 9.01. The van der Waals surface area contributed by atoms with Gasteiger partial charge in [0.15, 0.2) is 0 Å². The molecule has 0 atom stereocenters. The van der Waals surface area contributed by atoms with Crippen LogP contribution in [0.2, 0.25) is 0 Å². The van der Waals surface area contributed by atoms with Gasteiger partial charge in [-0.05, 0) is 91.8 Å². The molecule has 4 nitrogen and oxygen atoms in total. The van der Waals surface area contributed by atoms with Crippen molar-refractivity contribution in [1.29, 1.82) is 0 Å². The molecule has 64 heavy (non-hydrogen) atoms. The van der Waals surface area contributed by atoms with Crippen LogP contribution in [-0.4, -0.2) is 19.6 Å². The minimum atomic E-state index is -0.606. The minimum absolute atomic E-state index is 0. The average Bonchev–Trinajstić information content (AvgIpc) is 3.71. The van der Waals surface area contributed by atoms with E-state index < -0.39 is 47.8 Å². The molecule has 8 aromatic rings. The fourth-order valence-electron chi connectivity index (χ4n) is 7.99. The van der Waals surface area contributed by atoms with E-state index in [9.17, 15) is 6.48 Å². The van der Waals surface area contributed by atoms with Crippen molar-refractivity contribution in [3.8, 4) is 67.5 Å². The normalized spacial score (nSPS) is 14.0. The van der Waals surface area contributed by atoms with Crippen LogP contribution in [0.3, 0.4) is 0 Å². The van der Waals surface area contributed by atoms with Crippen LogP contribution in [0, 0.1) is 11.5 Å². The second kappa shape index (κ2) is 17.8. The summed E-state index contributed by atoms with van der Waals surface area (Å²) >= 11 is 0. The maximum atomic E-state index is 12.4. The van der Waals surface area contributed by atoms with Crippen LogP contribution in [0.4, 0.5) is 0 Å². The Kier molecular flexibility index (Phi) is 10.2. The summed E-state index contributed by atoms with van der Waals surface area (Å²) in [5.74, 6) is 0.866. The van der Waals surface area contributed by atoms with Gasteiger partial charge in [0.2, 0.25) is 0 Å². The Morgan fingerprint density at radius 1 is 0.656 bits per heavy atom. The molecule has 0 aliphatic heterocycles.